The normalized spacial score (nSPS) is 12.0. The van der Waals surface area contributed by atoms with Gasteiger partial charge in [-0.05, 0) is 24.8 Å². The van der Waals surface area contributed by atoms with Gasteiger partial charge in [0, 0.05) is 13.2 Å². The average molecular weight is 177 g/mol. The Bertz CT molecular complexity index is 107. The van der Waals surface area contributed by atoms with Gasteiger partial charge >= 0.3 is 0 Å². The molecule has 74 valence electrons. The van der Waals surface area contributed by atoms with Crippen LogP contribution in [0.1, 0.15) is 26.7 Å². The van der Waals surface area contributed by atoms with Crippen LogP contribution in [0.2, 0.25) is 0 Å². The van der Waals surface area contributed by atoms with E-state index in [0.717, 1.165) is 19.5 Å². The maximum absolute atomic E-state index is 11.7. The van der Waals surface area contributed by atoms with Gasteiger partial charge in [0.15, 0.2) is 0 Å². The molecule has 0 saturated carbocycles. The van der Waals surface area contributed by atoms with Crippen LogP contribution in [0, 0.1) is 5.41 Å². The Labute approximate surface area is 74.2 Å². The van der Waals surface area contributed by atoms with Gasteiger partial charge in [-0.3, -0.25) is 4.39 Å². The quantitative estimate of drug-likeness (QED) is 0.575. The largest absolute Gasteiger partial charge is 0.396 e. The van der Waals surface area contributed by atoms with Gasteiger partial charge in [-0.25, -0.2) is 0 Å². The van der Waals surface area contributed by atoms with Gasteiger partial charge in [-0.2, -0.15) is 0 Å². The van der Waals surface area contributed by atoms with E-state index in [1.54, 1.807) is 0 Å². The second-order valence-corrected chi connectivity index (χ2v) is 3.86. The van der Waals surface area contributed by atoms with Crippen molar-refractivity contribution in [2.24, 2.45) is 5.41 Å². The molecule has 12 heavy (non-hydrogen) atoms. The van der Waals surface area contributed by atoms with E-state index in [-0.39, 0.29) is 18.7 Å². The molecule has 0 aromatic heterocycles. The number of halogens is 1. The zero-order valence-corrected chi connectivity index (χ0v) is 8.07. The Kier molecular flexibility index (Phi) is 6.30. The summed E-state index contributed by atoms with van der Waals surface area (Å²) < 4.78 is 11.7. The van der Waals surface area contributed by atoms with E-state index in [1.165, 1.54) is 0 Å². The standard InChI is InChI=1S/C9H20FNO/c1-9(2,4-7-12)8-11-6-3-5-10/h11-12H,3-8H2,1-2H3. The van der Waals surface area contributed by atoms with Gasteiger partial charge in [0.05, 0.1) is 6.67 Å². The molecule has 2 N–H and O–H groups in total. The molecular formula is C9H20FNO. The van der Waals surface area contributed by atoms with E-state index in [2.05, 4.69) is 19.2 Å². The van der Waals surface area contributed by atoms with E-state index in [0.29, 0.717) is 6.42 Å². The third-order valence-corrected chi connectivity index (χ3v) is 1.88. The highest BCUT2D eigenvalue weighted by molar-refractivity contribution is 4.70. The van der Waals surface area contributed by atoms with Gasteiger partial charge < -0.3 is 10.4 Å². The smallest absolute Gasteiger partial charge is 0.0906 e. The van der Waals surface area contributed by atoms with Crippen molar-refractivity contribution in [2.45, 2.75) is 26.7 Å². The molecule has 0 radical (unpaired) electrons. The van der Waals surface area contributed by atoms with E-state index in [4.69, 9.17) is 5.11 Å². The number of nitrogens with one attached hydrogen (secondary N) is 1. The molecule has 0 atom stereocenters. The summed E-state index contributed by atoms with van der Waals surface area (Å²) in [7, 11) is 0. The second kappa shape index (κ2) is 6.38. The highest BCUT2D eigenvalue weighted by Gasteiger charge is 2.15. The van der Waals surface area contributed by atoms with Crippen LogP contribution in [-0.4, -0.2) is 31.5 Å². The monoisotopic (exact) mass is 177 g/mol. The summed E-state index contributed by atoms with van der Waals surface area (Å²) in [5.41, 5.74) is 0.116. The van der Waals surface area contributed by atoms with Gasteiger partial charge in [-0.1, -0.05) is 13.8 Å². The summed E-state index contributed by atoms with van der Waals surface area (Å²) >= 11 is 0. The zero-order valence-electron chi connectivity index (χ0n) is 8.07. The molecule has 0 aliphatic rings. The Hall–Kier alpha value is -0.150. The molecule has 0 bridgehead atoms. The van der Waals surface area contributed by atoms with Crippen LogP contribution in [0.4, 0.5) is 4.39 Å². The first-order valence-corrected chi connectivity index (χ1v) is 4.50. The average Bonchev–Trinajstić information content (AvgIpc) is 1.98. The molecule has 3 heteroatoms. The first-order chi connectivity index (χ1) is 5.62. The third-order valence-electron chi connectivity index (χ3n) is 1.88. The first kappa shape index (κ1) is 11.8. The SMILES string of the molecule is CC(C)(CCO)CNCCCF. The van der Waals surface area contributed by atoms with E-state index >= 15 is 0 Å². The van der Waals surface area contributed by atoms with Gasteiger partial charge in [0.1, 0.15) is 0 Å². The summed E-state index contributed by atoms with van der Waals surface area (Å²) in [6, 6.07) is 0. The molecule has 2 nitrogen and oxygen atoms in total. The molecule has 0 aromatic rings. The van der Waals surface area contributed by atoms with Crippen LogP contribution in [-0.2, 0) is 0 Å². The van der Waals surface area contributed by atoms with Crippen LogP contribution in [0.3, 0.4) is 0 Å². The molecule has 0 fully saturated rings. The Morgan fingerprint density at radius 1 is 1.42 bits per heavy atom. The molecule has 0 spiro atoms. The lowest BCUT2D eigenvalue weighted by molar-refractivity contribution is 0.207. The maximum Gasteiger partial charge on any atom is 0.0906 e. The van der Waals surface area contributed by atoms with Gasteiger partial charge in [0.25, 0.3) is 0 Å². The van der Waals surface area contributed by atoms with Crippen LogP contribution >= 0.6 is 0 Å². The van der Waals surface area contributed by atoms with Crippen molar-refractivity contribution in [3.8, 4) is 0 Å². The Balaban J connectivity index is 3.33. The molecule has 0 heterocycles. The van der Waals surface area contributed by atoms with Crippen LogP contribution in [0.25, 0.3) is 0 Å². The fraction of sp³-hybridized carbons (Fsp3) is 1.00. The minimum absolute atomic E-state index is 0.116. The third kappa shape index (κ3) is 6.55. The topological polar surface area (TPSA) is 32.3 Å². The van der Waals surface area contributed by atoms with Crippen molar-refractivity contribution in [3.63, 3.8) is 0 Å². The Morgan fingerprint density at radius 2 is 2.08 bits per heavy atom. The first-order valence-electron chi connectivity index (χ1n) is 4.50. The molecule has 0 aliphatic carbocycles. The van der Waals surface area contributed by atoms with Crippen molar-refractivity contribution in [2.75, 3.05) is 26.4 Å². The molecule has 0 amide bonds. The maximum atomic E-state index is 11.7. The van der Waals surface area contributed by atoms with Crippen molar-refractivity contribution in [1.82, 2.24) is 5.32 Å². The molecule has 0 rings (SSSR count). The molecule has 0 aromatic carbocycles. The fourth-order valence-electron chi connectivity index (χ4n) is 1.01. The number of alkyl halides is 1. The van der Waals surface area contributed by atoms with E-state index < -0.39 is 0 Å². The van der Waals surface area contributed by atoms with E-state index in [9.17, 15) is 4.39 Å². The summed E-state index contributed by atoms with van der Waals surface area (Å²) in [5, 5.41) is 11.9. The van der Waals surface area contributed by atoms with Crippen LogP contribution in [0.15, 0.2) is 0 Å². The van der Waals surface area contributed by atoms with Crippen molar-refractivity contribution in [1.29, 1.82) is 0 Å². The number of aliphatic hydroxyl groups excluding tert-OH is 1. The van der Waals surface area contributed by atoms with Crippen molar-refractivity contribution in [3.05, 3.63) is 0 Å². The summed E-state index contributed by atoms with van der Waals surface area (Å²) in [6.45, 7) is 5.71. The highest BCUT2D eigenvalue weighted by atomic mass is 19.1. The molecule has 0 unspecified atom stereocenters. The molecule has 0 saturated heterocycles. The summed E-state index contributed by atoms with van der Waals surface area (Å²) in [4.78, 5) is 0. The number of hydrogen-bond acceptors (Lipinski definition) is 2. The predicted molar refractivity (Wildman–Crippen MR) is 48.9 cm³/mol. The lowest BCUT2D eigenvalue weighted by Crippen LogP contribution is -2.31. The minimum atomic E-state index is -0.257. The van der Waals surface area contributed by atoms with Crippen LogP contribution in [0.5, 0.6) is 0 Å². The lowest BCUT2D eigenvalue weighted by atomic mass is 9.90. The van der Waals surface area contributed by atoms with Gasteiger partial charge in [-0.15, -0.1) is 0 Å². The highest BCUT2D eigenvalue weighted by Crippen LogP contribution is 2.17. The minimum Gasteiger partial charge on any atom is -0.396 e. The molecule has 0 aliphatic heterocycles. The zero-order chi connectivity index (χ0) is 9.45. The fourth-order valence-corrected chi connectivity index (χ4v) is 1.01. The lowest BCUT2D eigenvalue weighted by Gasteiger charge is -2.23. The van der Waals surface area contributed by atoms with Crippen LogP contribution < -0.4 is 5.32 Å². The summed E-state index contributed by atoms with van der Waals surface area (Å²) in [5.74, 6) is 0. The molecular weight excluding hydrogens is 157 g/mol. The number of rotatable bonds is 7. The van der Waals surface area contributed by atoms with Crippen molar-refractivity contribution < 1.29 is 9.50 Å². The van der Waals surface area contributed by atoms with E-state index in [1.807, 2.05) is 0 Å². The number of hydrogen-bond donors (Lipinski definition) is 2. The Morgan fingerprint density at radius 3 is 2.58 bits per heavy atom. The summed E-state index contributed by atoms with van der Waals surface area (Å²) in [6.07, 6.45) is 1.37. The predicted octanol–water partition coefficient (Wildman–Crippen LogP) is 1.34. The second-order valence-electron chi connectivity index (χ2n) is 3.86. The van der Waals surface area contributed by atoms with Crippen molar-refractivity contribution >= 4 is 0 Å². The van der Waals surface area contributed by atoms with Gasteiger partial charge in [0.2, 0.25) is 0 Å². The number of aliphatic hydroxyl groups is 1.